The number of pyridine rings is 1. The minimum atomic E-state index is -0.459. The molecule has 4 heterocycles. The molecule has 2 aliphatic rings. The van der Waals surface area contributed by atoms with Crippen molar-refractivity contribution in [3.8, 4) is 11.1 Å². The molecule has 6 nitrogen and oxygen atoms in total. The lowest BCUT2D eigenvalue weighted by molar-refractivity contribution is -0.0163. The number of amides is 1. The average Bonchev–Trinajstić information content (AvgIpc) is 3.25. The lowest BCUT2D eigenvalue weighted by atomic mass is 9.93. The van der Waals surface area contributed by atoms with Gasteiger partial charge in [-0.1, -0.05) is 6.07 Å². The van der Waals surface area contributed by atoms with Crippen LogP contribution < -0.4 is 4.90 Å². The predicted octanol–water partition coefficient (Wildman–Crippen LogP) is 4.29. The highest BCUT2D eigenvalue weighted by Gasteiger charge is 2.49. The van der Waals surface area contributed by atoms with Crippen LogP contribution in [0.15, 0.2) is 48.9 Å². The highest BCUT2D eigenvalue weighted by Crippen LogP contribution is 2.36. The molecule has 0 bridgehead atoms. The molecule has 0 saturated carbocycles. The van der Waals surface area contributed by atoms with Crippen molar-refractivity contribution in [1.82, 2.24) is 14.9 Å². The van der Waals surface area contributed by atoms with E-state index < -0.39 is 5.60 Å². The monoisotopic (exact) mass is 390 g/mol. The zero-order valence-electron chi connectivity index (χ0n) is 17.1. The Hall–Kier alpha value is -3.02. The van der Waals surface area contributed by atoms with Crippen LogP contribution in [0.5, 0.6) is 0 Å². The molecule has 1 amide bonds. The molecule has 1 N–H and O–H groups in total. The van der Waals surface area contributed by atoms with E-state index in [1.807, 2.05) is 44.3 Å². The van der Waals surface area contributed by atoms with Crippen molar-refractivity contribution in [2.75, 3.05) is 24.5 Å². The summed E-state index contributed by atoms with van der Waals surface area (Å²) in [5, 5.41) is 1.19. The molecular formula is C23H26N4O2. The molecule has 2 saturated heterocycles. The normalized spacial score (nSPS) is 21.2. The van der Waals surface area contributed by atoms with Crippen LogP contribution in [0.4, 0.5) is 10.5 Å². The summed E-state index contributed by atoms with van der Waals surface area (Å²) in [6.07, 6.45) is 5.59. The number of rotatable bonds is 2. The van der Waals surface area contributed by atoms with E-state index in [-0.39, 0.29) is 12.1 Å². The number of aromatic nitrogens is 2. The van der Waals surface area contributed by atoms with E-state index in [2.05, 4.69) is 45.2 Å². The number of carbonyl (C=O) groups is 1. The second kappa shape index (κ2) is 6.51. The summed E-state index contributed by atoms with van der Waals surface area (Å²) in [7, 11) is 0. The maximum Gasteiger partial charge on any atom is 0.410 e. The zero-order chi connectivity index (χ0) is 20.2. The number of ether oxygens (including phenoxy) is 1. The van der Waals surface area contributed by atoms with Gasteiger partial charge in [0.2, 0.25) is 0 Å². The minimum Gasteiger partial charge on any atom is -0.444 e. The molecule has 5 rings (SSSR count). The molecule has 2 fully saturated rings. The Labute approximate surface area is 170 Å². The molecule has 0 aliphatic carbocycles. The number of hydrogen-bond acceptors (Lipinski definition) is 4. The highest BCUT2D eigenvalue weighted by molar-refractivity contribution is 5.85. The van der Waals surface area contributed by atoms with E-state index >= 15 is 0 Å². The molecule has 0 spiro atoms. The number of carbonyl (C=O) groups excluding carboxylic acids is 1. The van der Waals surface area contributed by atoms with Gasteiger partial charge in [0.25, 0.3) is 0 Å². The first-order valence-electron chi connectivity index (χ1n) is 10.1. The van der Waals surface area contributed by atoms with Gasteiger partial charge in [0.05, 0.1) is 17.9 Å². The second-order valence-electron chi connectivity index (χ2n) is 9.08. The Morgan fingerprint density at radius 3 is 2.79 bits per heavy atom. The minimum absolute atomic E-state index is 0.202. The number of nitrogens with zero attached hydrogens (tertiary/aromatic N) is 3. The van der Waals surface area contributed by atoms with E-state index in [1.165, 1.54) is 5.39 Å². The lowest BCUT2D eigenvalue weighted by Crippen LogP contribution is -2.59. The Balaban J connectivity index is 1.33. The smallest absolute Gasteiger partial charge is 0.410 e. The van der Waals surface area contributed by atoms with Crippen molar-refractivity contribution in [2.24, 2.45) is 5.92 Å². The van der Waals surface area contributed by atoms with Crippen LogP contribution in [0.2, 0.25) is 0 Å². The number of hydrogen-bond donors (Lipinski definition) is 1. The van der Waals surface area contributed by atoms with Gasteiger partial charge in [-0.3, -0.25) is 4.98 Å². The highest BCUT2D eigenvalue weighted by atomic mass is 16.6. The summed E-state index contributed by atoms with van der Waals surface area (Å²) < 4.78 is 5.55. The maximum absolute atomic E-state index is 12.4. The molecular weight excluding hydrogens is 364 g/mol. The number of likely N-dealkylation sites (tertiary alicyclic amines) is 1. The van der Waals surface area contributed by atoms with Crippen molar-refractivity contribution < 1.29 is 9.53 Å². The van der Waals surface area contributed by atoms with Gasteiger partial charge < -0.3 is 19.5 Å². The second-order valence-corrected chi connectivity index (χ2v) is 9.08. The van der Waals surface area contributed by atoms with Gasteiger partial charge in [-0.25, -0.2) is 4.79 Å². The van der Waals surface area contributed by atoms with Gasteiger partial charge in [-0.05, 0) is 56.0 Å². The third-order valence-electron chi connectivity index (χ3n) is 5.84. The fourth-order valence-electron chi connectivity index (χ4n) is 4.37. The largest absolute Gasteiger partial charge is 0.444 e. The molecule has 0 radical (unpaired) electrons. The molecule has 2 atom stereocenters. The van der Waals surface area contributed by atoms with E-state index in [0.717, 1.165) is 42.0 Å². The fraction of sp³-hybridized carbons (Fsp3) is 0.391. The quantitative estimate of drug-likeness (QED) is 0.709. The van der Waals surface area contributed by atoms with E-state index in [1.54, 1.807) is 0 Å². The number of nitrogens with one attached hydrogen (secondary N) is 1. The topological polar surface area (TPSA) is 61.5 Å². The number of aromatic amines is 1. The van der Waals surface area contributed by atoms with Crippen molar-refractivity contribution in [2.45, 2.75) is 32.4 Å². The molecule has 2 aromatic heterocycles. The van der Waals surface area contributed by atoms with Crippen molar-refractivity contribution in [1.29, 1.82) is 0 Å². The summed E-state index contributed by atoms with van der Waals surface area (Å²) in [5.41, 5.74) is 4.04. The van der Waals surface area contributed by atoms with Gasteiger partial charge in [0, 0.05) is 49.0 Å². The standard InChI is InChI=1S/C23H26N4O2/c1-23(2,3)29-22(28)27-13-18-12-26(14-21(18)27)19-9-17(10-24-11-19)15-4-5-20-16(8-15)6-7-25-20/h4-11,18,21,25H,12-14H2,1-3H3. The fourth-order valence-corrected chi connectivity index (χ4v) is 4.37. The summed E-state index contributed by atoms with van der Waals surface area (Å²) in [6.45, 7) is 8.27. The van der Waals surface area contributed by atoms with Crippen LogP contribution in [-0.4, -0.2) is 52.2 Å². The lowest BCUT2D eigenvalue weighted by Gasteiger charge is -2.43. The molecule has 3 aromatic rings. The van der Waals surface area contributed by atoms with E-state index in [4.69, 9.17) is 4.74 Å². The Bertz CT molecular complexity index is 1070. The summed E-state index contributed by atoms with van der Waals surface area (Å²) in [4.78, 5) is 24.4. The molecule has 29 heavy (non-hydrogen) atoms. The van der Waals surface area contributed by atoms with E-state index in [9.17, 15) is 4.79 Å². The van der Waals surface area contributed by atoms with Gasteiger partial charge in [0.1, 0.15) is 5.60 Å². The average molecular weight is 390 g/mol. The Morgan fingerprint density at radius 1 is 1.10 bits per heavy atom. The van der Waals surface area contributed by atoms with Crippen LogP contribution >= 0.6 is 0 Å². The molecule has 2 unspecified atom stereocenters. The van der Waals surface area contributed by atoms with Crippen LogP contribution in [-0.2, 0) is 4.74 Å². The SMILES string of the molecule is CC(C)(C)OC(=O)N1CC2CN(c3cncc(-c4ccc5[nH]ccc5c4)c3)CC21. The van der Waals surface area contributed by atoms with Gasteiger partial charge in [0.15, 0.2) is 0 Å². The first-order chi connectivity index (χ1) is 13.9. The first-order valence-corrected chi connectivity index (χ1v) is 10.1. The zero-order valence-corrected chi connectivity index (χ0v) is 17.1. The number of H-pyrrole nitrogens is 1. The van der Waals surface area contributed by atoms with Gasteiger partial charge >= 0.3 is 6.09 Å². The van der Waals surface area contributed by atoms with Gasteiger partial charge in [-0.2, -0.15) is 0 Å². The molecule has 6 heteroatoms. The third-order valence-corrected chi connectivity index (χ3v) is 5.84. The maximum atomic E-state index is 12.4. The van der Waals surface area contributed by atoms with Crippen LogP contribution in [0, 0.1) is 5.92 Å². The van der Waals surface area contributed by atoms with Crippen LogP contribution in [0.3, 0.4) is 0 Å². The molecule has 150 valence electrons. The third kappa shape index (κ3) is 3.33. The Kier molecular flexibility index (Phi) is 4.05. The van der Waals surface area contributed by atoms with Crippen molar-refractivity contribution in [3.05, 3.63) is 48.9 Å². The predicted molar refractivity (Wildman–Crippen MR) is 114 cm³/mol. The van der Waals surface area contributed by atoms with Gasteiger partial charge in [-0.15, -0.1) is 0 Å². The first kappa shape index (κ1) is 18.0. The number of fused-ring (bicyclic) bond motifs is 2. The summed E-state index contributed by atoms with van der Waals surface area (Å²) in [6, 6.07) is 10.9. The number of benzene rings is 1. The summed E-state index contributed by atoms with van der Waals surface area (Å²) in [5.74, 6) is 0.502. The molecule has 2 aliphatic heterocycles. The van der Waals surface area contributed by atoms with Crippen molar-refractivity contribution in [3.63, 3.8) is 0 Å². The van der Waals surface area contributed by atoms with Crippen LogP contribution in [0.25, 0.3) is 22.0 Å². The van der Waals surface area contributed by atoms with Crippen molar-refractivity contribution >= 4 is 22.7 Å². The number of anilines is 1. The van der Waals surface area contributed by atoms with Crippen LogP contribution in [0.1, 0.15) is 20.8 Å². The molecule has 1 aromatic carbocycles. The van der Waals surface area contributed by atoms with E-state index in [0.29, 0.717) is 5.92 Å². The summed E-state index contributed by atoms with van der Waals surface area (Å²) >= 11 is 0. The Morgan fingerprint density at radius 2 is 1.97 bits per heavy atom.